The van der Waals surface area contributed by atoms with Crippen LogP contribution in [0.4, 0.5) is 0 Å². The number of benzene rings is 1. The fourth-order valence-electron chi connectivity index (χ4n) is 2.75. The van der Waals surface area contributed by atoms with Gasteiger partial charge in [0, 0.05) is 36.8 Å². The predicted octanol–water partition coefficient (Wildman–Crippen LogP) is 0.224. The summed E-state index contributed by atoms with van der Waals surface area (Å²) in [5.74, 6) is 0.724. The van der Waals surface area contributed by atoms with Crippen LogP contribution in [0, 0.1) is 0 Å². The van der Waals surface area contributed by atoms with Crippen LogP contribution in [-0.4, -0.2) is 55.5 Å². The van der Waals surface area contributed by atoms with Gasteiger partial charge in [-0.2, -0.15) is 12.7 Å². The van der Waals surface area contributed by atoms with Crippen LogP contribution in [0.15, 0.2) is 29.2 Å². The smallest absolute Gasteiger partial charge is 0.277 e. The lowest BCUT2D eigenvalue weighted by molar-refractivity contribution is -0.133. The maximum absolute atomic E-state index is 12.6. The van der Waals surface area contributed by atoms with Crippen molar-refractivity contribution in [3.8, 4) is 0 Å². The first kappa shape index (κ1) is 14.8. The zero-order chi connectivity index (χ0) is 15.0. The molecule has 3 rings (SSSR count). The van der Waals surface area contributed by atoms with Crippen LogP contribution < -0.4 is 5.14 Å². The van der Waals surface area contributed by atoms with Gasteiger partial charge < -0.3 is 4.90 Å². The van der Waals surface area contributed by atoms with Crippen LogP contribution in [0.5, 0.6) is 0 Å². The lowest BCUT2D eigenvalue weighted by atomic mass is 9.99. The molecule has 0 aliphatic carbocycles. The molecular formula is C13H17N3O3S2. The molecule has 1 saturated heterocycles. The summed E-state index contributed by atoms with van der Waals surface area (Å²) < 4.78 is 23.8. The number of hydrogen-bond donors (Lipinski definition) is 1. The molecule has 0 bridgehead atoms. The third kappa shape index (κ3) is 2.94. The Bertz CT molecular complexity index is 654. The Balaban J connectivity index is 1.69. The van der Waals surface area contributed by atoms with Gasteiger partial charge in [-0.1, -0.05) is 18.2 Å². The van der Waals surface area contributed by atoms with Crippen LogP contribution in [0.1, 0.15) is 11.5 Å². The first-order valence-electron chi connectivity index (χ1n) is 6.75. The summed E-state index contributed by atoms with van der Waals surface area (Å²) in [4.78, 5) is 15.5. The highest BCUT2D eigenvalue weighted by atomic mass is 32.2. The van der Waals surface area contributed by atoms with E-state index in [1.54, 1.807) is 16.7 Å². The standard InChI is InChI=1S/C13H17N3O3S2/c14-21(18,19)16-7-5-15(6-8-16)13(17)11-9-20-12-4-2-1-3-10(11)12/h1-4,11H,5-9H2,(H2,14,18,19). The number of piperazine rings is 1. The van der Waals surface area contributed by atoms with Crippen molar-refractivity contribution in [3.63, 3.8) is 0 Å². The number of amides is 1. The Morgan fingerprint density at radius 1 is 1.19 bits per heavy atom. The summed E-state index contributed by atoms with van der Waals surface area (Å²) in [6.07, 6.45) is 0. The Morgan fingerprint density at radius 2 is 1.86 bits per heavy atom. The molecule has 1 atom stereocenters. The maximum atomic E-state index is 12.6. The molecule has 1 fully saturated rings. The van der Waals surface area contributed by atoms with E-state index in [-0.39, 0.29) is 24.9 Å². The van der Waals surface area contributed by atoms with Gasteiger partial charge in [-0.3, -0.25) is 4.79 Å². The second kappa shape index (κ2) is 5.60. The number of fused-ring (bicyclic) bond motifs is 1. The highest BCUT2D eigenvalue weighted by molar-refractivity contribution is 7.99. The number of carbonyl (C=O) groups excluding carboxylic acids is 1. The van der Waals surface area contributed by atoms with Crippen LogP contribution in [0.25, 0.3) is 0 Å². The van der Waals surface area contributed by atoms with Crippen molar-refractivity contribution in [1.82, 2.24) is 9.21 Å². The topological polar surface area (TPSA) is 83.7 Å². The molecule has 21 heavy (non-hydrogen) atoms. The Hall–Kier alpha value is -1.09. The first-order valence-corrected chi connectivity index (χ1v) is 9.24. The van der Waals surface area contributed by atoms with Crippen molar-refractivity contribution in [2.45, 2.75) is 10.8 Å². The van der Waals surface area contributed by atoms with Crippen molar-refractivity contribution in [2.24, 2.45) is 5.14 Å². The van der Waals surface area contributed by atoms with E-state index in [0.717, 1.165) is 11.3 Å². The normalized spacial score (nSPS) is 23.1. The minimum atomic E-state index is -3.65. The summed E-state index contributed by atoms with van der Waals surface area (Å²) in [6.45, 7) is 1.34. The minimum Gasteiger partial charge on any atom is -0.339 e. The van der Waals surface area contributed by atoms with E-state index in [4.69, 9.17) is 5.14 Å². The second-order valence-corrected chi connectivity index (χ2v) is 7.78. The molecule has 8 heteroatoms. The largest absolute Gasteiger partial charge is 0.339 e. The van der Waals surface area contributed by atoms with Crippen LogP contribution >= 0.6 is 11.8 Å². The van der Waals surface area contributed by atoms with Crippen LogP contribution in [-0.2, 0) is 15.0 Å². The number of nitrogens with zero attached hydrogens (tertiary/aromatic N) is 2. The van der Waals surface area contributed by atoms with Crippen molar-refractivity contribution < 1.29 is 13.2 Å². The molecule has 114 valence electrons. The van der Waals surface area contributed by atoms with Gasteiger partial charge in [0.1, 0.15) is 0 Å². The molecule has 0 aromatic heterocycles. The van der Waals surface area contributed by atoms with Crippen molar-refractivity contribution in [2.75, 3.05) is 31.9 Å². The highest BCUT2D eigenvalue weighted by Gasteiger charge is 2.34. The van der Waals surface area contributed by atoms with Gasteiger partial charge in [-0.05, 0) is 11.6 Å². The summed E-state index contributed by atoms with van der Waals surface area (Å²) >= 11 is 1.70. The van der Waals surface area contributed by atoms with Crippen molar-refractivity contribution >= 4 is 27.9 Å². The fraction of sp³-hybridized carbons (Fsp3) is 0.462. The number of rotatable bonds is 2. The summed E-state index contributed by atoms with van der Waals surface area (Å²) in [5.41, 5.74) is 1.08. The van der Waals surface area contributed by atoms with Gasteiger partial charge in [0.15, 0.2) is 0 Å². The number of carbonyl (C=O) groups is 1. The molecule has 1 amide bonds. The Labute approximate surface area is 128 Å². The Morgan fingerprint density at radius 3 is 2.52 bits per heavy atom. The molecule has 1 unspecified atom stereocenters. The minimum absolute atomic E-state index is 0.0847. The summed E-state index contributed by atoms with van der Waals surface area (Å²) in [5, 5.41) is 5.11. The van der Waals surface area contributed by atoms with E-state index in [1.165, 1.54) is 9.20 Å². The third-order valence-corrected chi connectivity index (χ3v) is 6.18. The van der Waals surface area contributed by atoms with E-state index < -0.39 is 10.2 Å². The second-order valence-electron chi connectivity index (χ2n) is 5.17. The molecule has 2 heterocycles. The molecular weight excluding hydrogens is 310 g/mol. The average molecular weight is 327 g/mol. The molecule has 0 saturated carbocycles. The number of hydrogen-bond acceptors (Lipinski definition) is 4. The van der Waals surface area contributed by atoms with E-state index in [0.29, 0.717) is 13.1 Å². The molecule has 1 aromatic rings. The van der Waals surface area contributed by atoms with Gasteiger partial charge in [0.2, 0.25) is 5.91 Å². The van der Waals surface area contributed by atoms with Crippen molar-refractivity contribution in [1.29, 1.82) is 0 Å². The van der Waals surface area contributed by atoms with Gasteiger partial charge >= 0.3 is 0 Å². The molecule has 2 N–H and O–H groups in total. The van der Waals surface area contributed by atoms with Crippen molar-refractivity contribution in [3.05, 3.63) is 29.8 Å². The molecule has 0 radical (unpaired) electrons. The van der Waals surface area contributed by atoms with E-state index in [2.05, 4.69) is 0 Å². The predicted molar refractivity (Wildman–Crippen MR) is 81.2 cm³/mol. The maximum Gasteiger partial charge on any atom is 0.277 e. The summed E-state index contributed by atoms with van der Waals surface area (Å²) in [7, 11) is -3.65. The fourth-order valence-corrected chi connectivity index (χ4v) is 4.64. The zero-order valence-corrected chi connectivity index (χ0v) is 13.1. The number of nitrogens with two attached hydrogens (primary N) is 1. The van der Waals surface area contributed by atoms with E-state index in [9.17, 15) is 13.2 Å². The first-order chi connectivity index (χ1) is 9.97. The molecule has 6 nitrogen and oxygen atoms in total. The number of thioether (sulfide) groups is 1. The van der Waals surface area contributed by atoms with Crippen LogP contribution in [0.3, 0.4) is 0 Å². The SMILES string of the molecule is NS(=O)(=O)N1CCN(C(=O)C2CSc3ccccc32)CC1. The lowest BCUT2D eigenvalue weighted by Crippen LogP contribution is -2.53. The van der Waals surface area contributed by atoms with Gasteiger partial charge in [-0.15, -0.1) is 11.8 Å². The van der Waals surface area contributed by atoms with E-state index in [1.807, 2.05) is 24.3 Å². The molecule has 1 aromatic carbocycles. The summed E-state index contributed by atoms with van der Waals surface area (Å²) in [6, 6.07) is 7.96. The lowest BCUT2D eigenvalue weighted by Gasteiger charge is -2.34. The van der Waals surface area contributed by atoms with Gasteiger partial charge in [0.25, 0.3) is 10.2 Å². The van der Waals surface area contributed by atoms with E-state index >= 15 is 0 Å². The van der Waals surface area contributed by atoms with Gasteiger partial charge in [-0.25, -0.2) is 5.14 Å². The molecule has 2 aliphatic heterocycles. The Kier molecular flexibility index (Phi) is 3.96. The highest BCUT2D eigenvalue weighted by Crippen LogP contribution is 2.40. The monoisotopic (exact) mass is 327 g/mol. The average Bonchev–Trinajstić information content (AvgIpc) is 2.90. The van der Waals surface area contributed by atoms with Crippen LogP contribution in [0.2, 0.25) is 0 Å². The molecule has 0 spiro atoms. The quantitative estimate of drug-likeness (QED) is 0.842. The molecule has 2 aliphatic rings. The third-order valence-electron chi connectivity index (χ3n) is 3.91. The van der Waals surface area contributed by atoms with Gasteiger partial charge in [0.05, 0.1) is 5.92 Å². The zero-order valence-electron chi connectivity index (χ0n) is 11.4.